The molecule has 1 aliphatic carbocycles. The third kappa shape index (κ3) is 4.75. The van der Waals surface area contributed by atoms with E-state index >= 15 is 0 Å². The Labute approximate surface area is 93.8 Å². The first-order chi connectivity index (χ1) is 7.63. The van der Waals surface area contributed by atoms with Crippen LogP contribution in [-0.4, -0.2) is 47.6 Å². The van der Waals surface area contributed by atoms with Gasteiger partial charge in [0.1, 0.15) is 6.54 Å². The summed E-state index contributed by atoms with van der Waals surface area (Å²) < 4.78 is 0. The molecule has 2 N–H and O–H groups in total. The van der Waals surface area contributed by atoms with E-state index in [9.17, 15) is 9.59 Å². The molecular weight excluding hydrogens is 210 g/mol. The first-order valence-electron chi connectivity index (χ1n) is 5.23. The van der Waals surface area contributed by atoms with Crippen molar-refractivity contribution < 1.29 is 14.7 Å². The van der Waals surface area contributed by atoms with Gasteiger partial charge in [0.25, 0.3) is 0 Å². The summed E-state index contributed by atoms with van der Waals surface area (Å²) >= 11 is 0. The second-order valence-electron chi connectivity index (χ2n) is 3.78. The topological polar surface area (TPSA) is 93.4 Å². The van der Waals surface area contributed by atoms with E-state index in [1.165, 1.54) is 0 Å². The maximum atomic E-state index is 11.3. The van der Waals surface area contributed by atoms with Crippen molar-refractivity contribution in [2.75, 3.05) is 19.6 Å². The Morgan fingerprint density at radius 3 is 2.69 bits per heavy atom. The number of nitrogens with one attached hydrogen (secondary N) is 1. The average Bonchev–Trinajstić information content (AvgIpc) is 3.04. The van der Waals surface area contributed by atoms with Crippen LogP contribution >= 0.6 is 0 Å². The van der Waals surface area contributed by atoms with Gasteiger partial charge in [-0.1, -0.05) is 0 Å². The van der Waals surface area contributed by atoms with E-state index < -0.39 is 5.97 Å². The van der Waals surface area contributed by atoms with E-state index in [1.54, 1.807) is 0 Å². The molecule has 1 rings (SSSR count). The highest BCUT2D eigenvalue weighted by Crippen LogP contribution is 2.26. The van der Waals surface area contributed by atoms with Crippen LogP contribution < -0.4 is 5.32 Å². The zero-order chi connectivity index (χ0) is 12.0. The van der Waals surface area contributed by atoms with Crippen LogP contribution in [0.2, 0.25) is 0 Å². The standard InChI is InChI=1S/C10H15N3O3/c11-4-5-12-9(14)7-13(8-1-2-8)6-3-10(15)16/h8H,1-3,5-7H2,(H,12,14)(H,15,16). The van der Waals surface area contributed by atoms with Gasteiger partial charge in [-0.2, -0.15) is 5.26 Å². The molecule has 1 fully saturated rings. The molecule has 0 unspecified atom stereocenters. The molecule has 0 radical (unpaired) electrons. The number of hydrogen-bond acceptors (Lipinski definition) is 4. The van der Waals surface area contributed by atoms with Crippen molar-refractivity contribution in [2.45, 2.75) is 25.3 Å². The van der Waals surface area contributed by atoms with Crippen LogP contribution in [-0.2, 0) is 9.59 Å². The van der Waals surface area contributed by atoms with E-state index in [0.29, 0.717) is 12.6 Å². The highest BCUT2D eigenvalue weighted by Gasteiger charge is 2.30. The van der Waals surface area contributed by atoms with Gasteiger partial charge in [-0.15, -0.1) is 0 Å². The molecule has 6 heteroatoms. The van der Waals surface area contributed by atoms with Crippen LogP contribution in [0.1, 0.15) is 19.3 Å². The molecule has 1 saturated carbocycles. The van der Waals surface area contributed by atoms with Crippen molar-refractivity contribution in [1.29, 1.82) is 5.26 Å². The highest BCUT2D eigenvalue weighted by atomic mass is 16.4. The Kier molecular flexibility index (Phi) is 4.73. The smallest absolute Gasteiger partial charge is 0.304 e. The summed E-state index contributed by atoms with van der Waals surface area (Å²) in [5, 5.41) is 19.3. The summed E-state index contributed by atoms with van der Waals surface area (Å²) in [6, 6.07) is 2.16. The van der Waals surface area contributed by atoms with E-state index in [1.807, 2.05) is 11.0 Å². The number of carbonyl (C=O) groups is 2. The maximum absolute atomic E-state index is 11.3. The normalized spacial score (nSPS) is 14.5. The second kappa shape index (κ2) is 6.08. The van der Waals surface area contributed by atoms with Gasteiger partial charge in [0.15, 0.2) is 0 Å². The Morgan fingerprint density at radius 2 is 2.19 bits per heavy atom. The largest absolute Gasteiger partial charge is 0.481 e. The molecule has 88 valence electrons. The number of aliphatic carboxylic acids is 1. The SMILES string of the molecule is N#CCNC(=O)CN(CCC(=O)O)C1CC1. The molecule has 0 atom stereocenters. The minimum absolute atomic E-state index is 0.00370. The fourth-order valence-electron chi connectivity index (χ4n) is 1.45. The lowest BCUT2D eigenvalue weighted by Crippen LogP contribution is -2.39. The van der Waals surface area contributed by atoms with Crippen LogP contribution in [0.25, 0.3) is 0 Å². The molecule has 0 aromatic carbocycles. The fraction of sp³-hybridized carbons (Fsp3) is 0.700. The summed E-state index contributed by atoms with van der Waals surface area (Å²) in [5.41, 5.74) is 0. The van der Waals surface area contributed by atoms with Crippen LogP contribution in [0.3, 0.4) is 0 Å². The van der Waals surface area contributed by atoms with Crippen molar-refractivity contribution >= 4 is 11.9 Å². The third-order valence-electron chi connectivity index (χ3n) is 2.39. The molecule has 6 nitrogen and oxygen atoms in total. The second-order valence-corrected chi connectivity index (χ2v) is 3.78. The van der Waals surface area contributed by atoms with Gasteiger partial charge < -0.3 is 10.4 Å². The zero-order valence-corrected chi connectivity index (χ0v) is 8.98. The lowest BCUT2D eigenvalue weighted by Gasteiger charge is -2.19. The van der Waals surface area contributed by atoms with Crippen LogP contribution in [0, 0.1) is 11.3 Å². The fourth-order valence-corrected chi connectivity index (χ4v) is 1.45. The van der Waals surface area contributed by atoms with Crippen LogP contribution in [0.5, 0.6) is 0 Å². The van der Waals surface area contributed by atoms with E-state index in [4.69, 9.17) is 10.4 Å². The Bertz CT molecular complexity index is 307. The zero-order valence-electron chi connectivity index (χ0n) is 8.98. The molecule has 16 heavy (non-hydrogen) atoms. The van der Waals surface area contributed by atoms with Gasteiger partial charge in [-0.3, -0.25) is 14.5 Å². The number of carbonyl (C=O) groups excluding carboxylic acids is 1. The Balaban J connectivity index is 2.30. The highest BCUT2D eigenvalue weighted by molar-refractivity contribution is 5.78. The minimum atomic E-state index is -0.858. The van der Waals surface area contributed by atoms with E-state index in [2.05, 4.69) is 5.32 Å². The molecule has 0 spiro atoms. The summed E-state index contributed by atoms with van der Waals surface area (Å²) in [4.78, 5) is 23.6. The van der Waals surface area contributed by atoms with Gasteiger partial charge in [0.05, 0.1) is 19.0 Å². The van der Waals surface area contributed by atoms with Gasteiger partial charge in [-0.05, 0) is 12.8 Å². The summed E-state index contributed by atoms with van der Waals surface area (Å²) in [5.74, 6) is -1.08. The molecule has 0 saturated heterocycles. The number of nitriles is 1. The van der Waals surface area contributed by atoms with E-state index in [0.717, 1.165) is 12.8 Å². The predicted octanol–water partition coefficient (Wildman–Crippen LogP) is -0.435. The number of rotatable bonds is 7. The van der Waals surface area contributed by atoms with Gasteiger partial charge in [0, 0.05) is 12.6 Å². The van der Waals surface area contributed by atoms with Crippen LogP contribution in [0.4, 0.5) is 0 Å². The van der Waals surface area contributed by atoms with Crippen molar-refractivity contribution in [2.24, 2.45) is 0 Å². The summed E-state index contributed by atoms with van der Waals surface area (Å²) in [6.45, 7) is 0.565. The van der Waals surface area contributed by atoms with Gasteiger partial charge in [-0.25, -0.2) is 0 Å². The lowest BCUT2D eigenvalue weighted by atomic mass is 10.3. The number of carboxylic acid groups (broad SMARTS) is 1. The molecule has 0 heterocycles. The molecule has 1 amide bonds. The average molecular weight is 225 g/mol. The number of hydrogen-bond donors (Lipinski definition) is 2. The molecule has 0 aliphatic heterocycles. The first kappa shape index (κ1) is 12.5. The molecular formula is C10H15N3O3. The number of nitrogens with zero attached hydrogens (tertiary/aromatic N) is 2. The minimum Gasteiger partial charge on any atom is -0.481 e. The first-order valence-corrected chi connectivity index (χ1v) is 5.23. The predicted molar refractivity (Wildman–Crippen MR) is 55.5 cm³/mol. The quantitative estimate of drug-likeness (QED) is 0.573. The van der Waals surface area contributed by atoms with Crippen LogP contribution in [0.15, 0.2) is 0 Å². The van der Waals surface area contributed by atoms with Gasteiger partial charge in [0.2, 0.25) is 5.91 Å². The molecule has 0 bridgehead atoms. The van der Waals surface area contributed by atoms with Crippen molar-refractivity contribution in [3.63, 3.8) is 0 Å². The van der Waals surface area contributed by atoms with Gasteiger partial charge >= 0.3 is 5.97 Å². The molecule has 0 aromatic rings. The van der Waals surface area contributed by atoms with Crippen molar-refractivity contribution in [3.8, 4) is 6.07 Å². The summed E-state index contributed by atoms with van der Waals surface area (Å²) in [6.07, 6.45) is 2.08. The Morgan fingerprint density at radius 1 is 1.50 bits per heavy atom. The van der Waals surface area contributed by atoms with Crippen molar-refractivity contribution in [3.05, 3.63) is 0 Å². The number of amides is 1. The van der Waals surface area contributed by atoms with E-state index in [-0.39, 0.29) is 25.4 Å². The monoisotopic (exact) mass is 225 g/mol. The Hall–Kier alpha value is -1.61. The summed E-state index contributed by atoms with van der Waals surface area (Å²) in [7, 11) is 0. The molecule has 1 aliphatic rings. The van der Waals surface area contributed by atoms with Crippen molar-refractivity contribution in [1.82, 2.24) is 10.2 Å². The lowest BCUT2D eigenvalue weighted by molar-refractivity contribution is -0.137. The third-order valence-corrected chi connectivity index (χ3v) is 2.39. The molecule has 0 aromatic heterocycles. The maximum Gasteiger partial charge on any atom is 0.304 e. The number of carboxylic acids is 1.